The topological polar surface area (TPSA) is 20.2 Å². The van der Waals surface area contributed by atoms with Crippen molar-refractivity contribution in [3.8, 4) is 0 Å². The van der Waals surface area contributed by atoms with Crippen molar-refractivity contribution in [1.82, 2.24) is 0 Å². The zero-order valence-corrected chi connectivity index (χ0v) is 11.1. The summed E-state index contributed by atoms with van der Waals surface area (Å²) >= 11 is 5.79. The summed E-state index contributed by atoms with van der Waals surface area (Å²) in [5.74, 6) is -1.81. The maximum absolute atomic E-state index is 13.1. The SMILES string of the molecule is CC(O)(Cc1ccc(F)c(F)c1)c1ccc(Cl)cc1. The fourth-order valence-electron chi connectivity index (χ4n) is 1.96. The normalized spacial score (nSPS) is 14.2. The summed E-state index contributed by atoms with van der Waals surface area (Å²) in [4.78, 5) is 0. The first-order chi connectivity index (χ1) is 8.88. The molecule has 0 aromatic heterocycles. The molecule has 0 amide bonds. The van der Waals surface area contributed by atoms with Crippen molar-refractivity contribution in [2.45, 2.75) is 18.9 Å². The number of halogens is 3. The summed E-state index contributed by atoms with van der Waals surface area (Å²) in [7, 11) is 0. The molecular formula is C15H13ClF2O. The molecule has 0 heterocycles. The van der Waals surface area contributed by atoms with Crippen molar-refractivity contribution >= 4 is 11.6 Å². The van der Waals surface area contributed by atoms with Gasteiger partial charge in [0.05, 0.1) is 5.60 Å². The van der Waals surface area contributed by atoms with Gasteiger partial charge in [-0.15, -0.1) is 0 Å². The first kappa shape index (κ1) is 14.0. The van der Waals surface area contributed by atoms with Crippen LogP contribution in [0.1, 0.15) is 18.1 Å². The Balaban J connectivity index is 2.25. The third-order valence-electron chi connectivity index (χ3n) is 3.00. The molecule has 100 valence electrons. The fraction of sp³-hybridized carbons (Fsp3) is 0.200. The van der Waals surface area contributed by atoms with E-state index in [9.17, 15) is 13.9 Å². The van der Waals surface area contributed by atoms with E-state index in [2.05, 4.69) is 0 Å². The van der Waals surface area contributed by atoms with Gasteiger partial charge < -0.3 is 5.11 Å². The number of rotatable bonds is 3. The van der Waals surface area contributed by atoms with Crippen LogP contribution in [-0.2, 0) is 12.0 Å². The summed E-state index contributed by atoms with van der Waals surface area (Å²) in [5, 5.41) is 11.0. The van der Waals surface area contributed by atoms with E-state index >= 15 is 0 Å². The van der Waals surface area contributed by atoms with Crippen molar-refractivity contribution in [2.75, 3.05) is 0 Å². The molecule has 2 aromatic rings. The molecule has 0 aliphatic heterocycles. The highest BCUT2D eigenvalue weighted by molar-refractivity contribution is 6.30. The van der Waals surface area contributed by atoms with E-state index in [0.717, 1.165) is 12.1 Å². The van der Waals surface area contributed by atoms with E-state index in [1.165, 1.54) is 6.07 Å². The lowest BCUT2D eigenvalue weighted by Gasteiger charge is -2.24. The average Bonchev–Trinajstić information content (AvgIpc) is 2.34. The lowest BCUT2D eigenvalue weighted by molar-refractivity contribution is 0.0575. The predicted octanol–water partition coefficient (Wildman–Crippen LogP) is 4.07. The summed E-state index contributed by atoms with van der Waals surface area (Å²) in [6, 6.07) is 10.4. The Hall–Kier alpha value is -1.45. The molecule has 1 atom stereocenters. The van der Waals surface area contributed by atoms with Gasteiger partial charge in [-0.1, -0.05) is 29.8 Å². The van der Waals surface area contributed by atoms with E-state index in [1.807, 2.05) is 0 Å². The Labute approximate surface area is 115 Å². The van der Waals surface area contributed by atoms with Gasteiger partial charge in [-0.05, 0) is 42.3 Å². The van der Waals surface area contributed by atoms with Crippen LogP contribution in [0.4, 0.5) is 8.78 Å². The quantitative estimate of drug-likeness (QED) is 0.900. The molecule has 2 aromatic carbocycles. The smallest absolute Gasteiger partial charge is 0.159 e. The van der Waals surface area contributed by atoms with Crippen LogP contribution in [0.2, 0.25) is 5.02 Å². The maximum Gasteiger partial charge on any atom is 0.159 e. The standard InChI is InChI=1S/C15H13ClF2O/c1-15(19,11-3-5-12(16)6-4-11)9-10-2-7-13(17)14(18)8-10/h2-8,19H,9H2,1H3. The molecule has 19 heavy (non-hydrogen) atoms. The average molecular weight is 283 g/mol. The van der Waals surface area contributed by atoms with Crippen LogP contribution in [0.5, 0.6) is 0 Å². The Bertz CT molecular complexity index is 579. The van der Waals surface area contributed by atoms with Crippen molar-refractivity contribution in [1.29, 1.82) is 0 Å². The molecule has 0 radical (unpaired) electrons. The van der Waals surface area contributed by atoms with Gasteiger partial charge in [0.1, 0.15) is 0 Å². The summed E-state index contributed by atoms with van der Waals surface area (Å²) in [5.41, 5.74) is 0.0231. The van der Waals surface area contributed by atoms with Gasteiger partial charge in [-0.25, -0.2) is 8.78 Å². The van der Waals surface area contributed by atoms with Gasteiger partial charge in [0, 0.05) is 11.4 Å². The Morgan fingerprint density at radius 3 is 2.26 bits per heavy atom. The second-order valence-electron chi connectivity index (χ2n) is 4.71. The summed E-state index contributed by atoms with van der Waals surface area (Å²) < 4.78 is 26.0. The number of benzene rings is 2. The van der Waals surface area contributed by atoms with E-state index in [-0.39, 0.29) is 6.42 Å². The maximum atomic E-state index is 13.1. The van der Waals surface area contributed by atoms with Gasteiger partial charge in [0.15, 0.2) is 11.6 Å². The first-order valence-corrected chi connectivity index (χ1v) is 6.19. The molecule has 0 aliphatic carbocycles. The Morgan fingerprint density at radius 2 is 1.68 bits per heavy atom. The zero-order chi connectivity index (χ0) is 14.0. The summed E-state index contributed by atoms with van der Waals surface area (Å²) in [6.45, 7) is 1.62. The fourth-order valence-corrected chi connectivity index (χ4v) is 2.08. The molecule has 0 spiro atoms. The highest BCUT2D eigenvalue weighted by atomic mass is 35.5. The van der Waals surface area contributed by atoms with Gasteiger partial charge in [0.25, 0.3) is 0 Å². The summed E-state index contributed by atoms with van der Waals surface area (Å²) in [6.07, 6.45) is 0.186. The third-order valence-corrected chi connectivity index (χ3v) is 3.25. The molecule has 0 bridgehead atoms. The molecule has 2 rings (SSSR count). The minimum absolute atomic E-state index is 0.186. The third kappa shape index (κ3) is 3.31. The lowest BCUT2D eigenvalue weighted by Crippen LogP contribution is -2.24. The first-order valence-electron chi connectivity index (χ1n) is 5.81. The van der Waals surface area contributed by atoms with Crippen molar-refractivity contribution in [3.63, 3.8) is 0 Å². The predicted molar refractivity (Wildman–Crippen MR) is 71.1 cm³/mol. The van der Waals surface area contributed by atoms with Gasteiger partial charge in [-0.2, -0.15) is 0 Å². The van der Waals surface area contributed by atoms with Crippen LogP contribution < -0.4 is 0 Å². The number of aliphatic hydroxyl groups is 1. The molecule has 4 heteroatoms. The molecule has 0 saturated heterocycles. The molecule has 0 saturated carbocycles. The van der Waals surface area contributed by atoms with E-state index in [0.29, 0.717) is 16.1 Å². The molecular weight excluding hydrogens is 270 g/mol. The minimum atomic E-state index is -1.17. The van der Waals surface area contributed by atoms with Crippen molar-refractivity contribution in [3.05, 3.63) is 70.2 Å². The molecule has 0 aliphatic rings. The van der Waals surface area contributed by atoms with Crippen LogP contribution in [0.15, 0.2) is 42.5 Å². The Morgan fingerprint density at radius 1 is 1.05 bits per heavy atom. The van der Waals surface area contributed by atoms with Crippen LogP contribution in [0.3, 0.4) is 0 Å². The van der Waals surface area contributed by atoms with Crippen LogP contribution >= 0.6 is 11.6 Å². The van der Waals surface area contributed by atoms with Gasteiger partial charge >= 0.3 is 0 Å². The van der Waals surface area contributed by atoms with Gasteiger partial charge in [-0.3, -0.25) is 0 Å². The van der Waals surface area contributed by atoms with Gasteiger partial charge in [0.2, 0.25) is 0 Å². The highest BCUT2D eigenvalue weighted by Crippen LogP contribution is 2.27. The van der Waals surface area contributed by atoms with Crippen molar-refractivity contribution in [2.24, 2.45) is 0 Å². The minimum Gasteiger partial charge on any atom is -0.385 e. The molecule has 0 fully saturated rings. The number of hydrogen-bond acceptors (Lipinski definition) is 1. The second-order valence-corrected chi connectivity index (χ2v) is 5.14. The van der Waals surface area contributed by atoms with Crippen LogP contribution in [0.25, 0.3) is 0 Å². The number of hydrogen-bond donors (Lipinski definition) is 1. The monoisotopic (exact) mass is 282 g/mol. The van der Waals surface area contributed by atoms with E-state index in [4.69, 9.17) is 11.6 Å². The Kier molecular flexibility index (Phi) is 3.88. The van der Waals surface area contributed by atoms with Crippen LogP contribution in [-0.4, -0.2) is 5.11 Å². The second kappa shape index (κ2) is 5.27. The van der Waals surface area contributed by atoms with E-state index < -0.39 is 17.2 Å². The highest BCUT2D eigenvalue weighted by Gasteiger charge is 2.23. The zero-order valence-electron chi connectivity index (χ0n) is 10.3. The largest absolute Gasteiger partial charge is 0.385 e. The van der Waals surface area contributed by atoms with Crippen molar-refractivity contribution < 1.29 is 13.9 Å². The molecule has 1 N–H and O–H groups in total. The van der Waals surface area contributed by atoms with Crippen LogP contribution in [0, 0.1) is 11.6 Å². The molecule has 1 nitrogen and oxygen atoms in total. The lowest BCUT2D eigenvalue weighted by atomic mass is 9.89. The van der Waals surface area contributed by atoms with E-state index in [1.54, 1.807) is 31.2 Å². The molecule has 1 unspecified atom stereocenters.